The Morgan fingerprint density at radius 3 is 2.72 bits per heavy atom. The van der Waals surface area contributed by atoms with Crippen LogP contribution in [-0.2, 0) is 23.2 Å². The zero-order chi connectivity index (χ0) is 13.3. The summed E-state index contributed by atoms with van der Waals surface area (Å²) in [5, 5.41) is 6.80. The van der Waals surface area contributed by atoms with Crippen LogP contribution < -0.4 is 5.32 Å². The fraction of sp³-hybridized carbons (Fsp3) is 0.583. The molecule has 1 N–H and O–H groups in total. The summed E-state index contributed by atoms with van der Waals surface area (Å²) < 4.78 is 1.69. The molecule has 6 heteroatoms. The zero-order valence-electron chi connectivity index (χ0n) is 10.9. The van der Waals surface area contributed by atoms with E-state index in [1.54, 1.807) is 22.7 Å². The van der Waals surface area contributed by atoms with E-state index >= 15 is 0 Å². The highest BCUT2D eigenvalue weighted by atomic mass is 16.2. The molecular weight excluding hydrogens is 232 g/mol. The van der Waals surface area contributed by atoms with Crippen molar-refractivity contribution in [2.75, 3.05) is 0 Å². The van der Waals surface area contributed by atoms with E-state index in [1.165, 1.54) is 0 Å². The van der Waals surface area contributed by atoms with Crippen molar-refractivity contribution in [2.45, 2.75) is 38.9 Å². The highest BCUT2D eigenvalue weighted by molar-refractivity contribution is 5.96. The van der Waals surface area contributed by atoms with Gasteiger partial charge in [-0.05, 0) is 13.3 Å². The molecule has 2 amide bonds. The molecule has 1 aliphatic heterocycles. The lowest BCUT2D eigenvalue weighted by atomic mass is 10.1. The number of aromatic nitrogens is 2. The lowest BCUT2D eigenvalue weighted by molar-refractivity contribution is -0.149. The first-order valence-electron chi connectivity index (χ1n) is 6.11. The van der Waals surface area contributed by atoms with E-state index in [1.807, 2.05) is 20.2 Å². The summed E-state index contributed by atoms with van der Waals surface area (Å²) in [6, 6.07) is -0.828. The third kappa shape index (κ3) is 2.23. The van der Waals surface area contributed by atoms with Crippen molar-refractivity contribution in [1.29, 1.82) is 0 Å². The monoisotopic (exact) mass is 250 g/mol. The van der Waals surface area contributed by atoms with E-state index in [0.29, 0.717) is 13.0 Å². The predicted molar refractivity (Wildman–Crippen MR) is 65.4 cm³/mol. The standard InChI is InChI=1S/C12H18N4O2/c1-4-10-12(18)16(8(2)11(17)14-10)7-9-5-13-15(3)6-9/h5-6,8,10H,4,7H2,1-3H3,(H,14,17). The number of hydrogen-bond donors (Lipinski definition) is 1. The van der Waals surface area contributed by atoms with Crippen LogP contribution >= 0.6 is 0 Å². The van der Waals surface area contributed by atoms with Crippen LogP contribution in [0.15, 0.2) is 12.4 Å². The van der Waals surface area contributed by atoms with Gasteiger partial charge in [0.25, 0.3) is 0 Å². The number of nitrogens with zero attached hydrogens (tertiary/aromatic N) is 3. The van der Waals surface area contributed by atoms with Crippen molar-refractivity contribution in [3.63, 3.8) is 0 Å². The van der Waals surface area contributed by atoms with Crippen molar-refractivity contribution in [3.8, 4) is 0 Å². The molecule has 1 aromatic rings. The number of amides is 2. The number of nitrogens with one attached hydrogen (secondary N) is 1. The Hall–Kier alpha value is -1.85. The fourth-order valence-corrected chi connectivity index (χ4v) is 2.13. The second kappa shape index (κ2) is 4.80. The molecule has 1 saturated heterocycles. The summed E-state index contributed by atoms with van der Waals surface area (Å²) in [5.41, 5.74) is 0.933. The molecular formula is C12H18N4O2. The van der Waals surface area contributed by atoms with Crippen molar-refractivity contribution in [1.82, 2.24) is 20.0 Å². The number of hydrogen-bond acceptors (Lipinski definition) is 3. The van der Waals surface area contributed by atoms with Crippen LogP contribution in [0.2, 0.25) is 0 Å². The molecule has 2 atom stereocenters. The Balaban J connectivity index is 2.17. The molecule has 0 aromatic carbocycles. The lowest BCUT2D eigenvalue weighted by Gasteiger charge is -2.36. The number of piperazine rings is 1. The van der Waals surface area contributed by atoms with E-state index in [2.05, 4.69) is 10.4 Å². The van der Waals surface area contributed by atoms with Gasteiger partial charge in [0, 0.05) is 25.4 Å². The third-order valence-corrected chi connectivity index (χ3v) is 3.26. The van der Waals surface area contributed by atoms with Gasteiger partial charge in [0.2, 0.25) is 11.8 Å². The molecule has 98 valence electrons. The zero-order valence-corrected chi connectivity index (χ0v) is 10.9. The molecule has 2 heterocycles. The quantitative estimate of drug-likeness (QED) is 0.824. The van der Waals surface area contributed by atoms with Gasteiger partial charge in [-0.25, -0.2) is 0 Å². The Morgan fingerprint density at radius 1 is 1.44 bits per heavy atom. The van der Waals surface area contributed by atoms with Gasteiger partial charge < -0.3 is 10.2 Å². The first-order valence-corrected chi connectivity index (χ1v) is 6.11. The highest BCUT2D eigenvalue weighted by Crippen LogP contribution is 2.15. The van der Waals surface area contributed by atoms with Gasteiger partial charge in [-0.15, -0.1) is 0 Å². The number of rotatable bonds is 3. The van der Waals surface area contributed by atoms with Crippen LogP contribution in [0.3, 0.4) is 0 Å². The predicted octanol–water partition coefficient (Wildman–Crippen LogP) is 0.0456. The van der Waals surface area contributed by atoms with E-state index in [0.717, 1.165) is 5.56 Å². The topological polar surface area (TPSA) is 67.2 Å². The first-order chi connectivity index (χ1) is 8.52. The lowest BCUT2D eigenvalue weighted by Crippen LogP contribution is -2.61. The highest BCUT2D eigenvalue weighted by Gasteiger charge is 2.37. The van der Waals surface area contributed by atoms with Crippen molar-refractivity contribution < 1.29 is 9.59 Å². The molecule has 18 heavy (non-hydrogen) atoms. The van der Waals surface area contributed by atoms with E-state index in [-0.39, 0.29) is 11.8 Å². The summed E-state index contributed by atoms with van der Waals surface area (Å²) in [4.78, 5) is 25.6. The van der Waals surface area contributed by atoms with Gasteiger partial charge in [0.1, 0.15) is 12.1 Å². The van der Waals surface area contributed by atoms with E-state index in [9.17, 15) is 9.59 Å². The van der Waals surface area contributed by atoms with Crippen molar-refractivity contribution >= 4 is 11.8 Å². The summed E-state index contributed by atoms with van der Waals surface area (Å²) in [5.74, 6) is -0.112. The van der Waals surface area contributed by atoms with Gasteiger partial charge in [-0.1, -0.05) is 6.92 Å². The molecule has 0 bridgehead atoms. The minimum atomic E-state index is -0.430. The van der Waals surface area contributed by atoms with Crippen LogP contribution in [0.1, 0.15) is 25.8 Å². The summed E-state index contributed by atoms with van der Waals surface area (Å²) in [6.45, 7) is 4.06. The van der Waals surface area contributed by atoms with E-state index in [4.69, 9.17) is 0 Å². The number of carbonyl (C=O) groups excluding carboxylic acids is 2. The van der Waals surface area contributed by atoms with Crippen LogP contribution in [0, 0.1) is 0 Å². The SMILES string of the molecule is CCC1NC(=O)C(C)N(Cc2cnn(C)c2)C1=O. The van der Waals surface area contributed by atoms with Crippen molar-refractivity contribution in [2.24, 2.45) is 7.05 Å². The maximum absolute atomic E-state index is 12.2. The van der Waals surface area contributed by atoms with Crippen LogP contribution in [0.5, 0.6) is 0 Å². The second-order valence-corrected chi connectivity index (χ2v) is 4.63. The summed E-state index contributed by atoms with van der Waals surface area (Å²) in [7, 11) is 1.83. The minimum absolute atomic E-state index is 0.0200. The minimum Gasteiger partial charge on any atom is -0.343 e. The van der Waals surface area contributed by atoms with Gasteiger partial charge in [-0.3, -0.25) is 14.3 Å². The molecule has 1 aromatic heterocycles. The molecule has 0 aliphatic carbocycles. The maximum atomic E-state index is 12.2. The van der Waals surface area contributed by atoms with Gasteiger partial charge in [0.05, 0.1) is 6.20 Å². The molecule has 0 saturated carbocycles. The molecule has 0 spiro atoms. The fourth-order valence-electron chi connectivity index (χ4n) is 2.13. The van der Waals surface area contributed by atoms with Gasteiger partial charge in [0.15, 0.2) is 0 Å². The Morgan fingerprint density at radius 2 is 2.17 bits per heavy atom. The van der Waals surface area contributed by atoms with Crippen LogP contribution in [-0.4, -0.2) is 38.6 Å². The Labute approximate surface area is 106 Å². The van der Waals surface area contributed by atoms with Crippen molar-refractivity contribution in [3.05, 3.63) is 18.0 Å². The average Bonchev–Trinajstić information content (AvgIpc) is 2.75. The summed E-state index contributed by atoms with van der Waals surface area (Å²) >= 11 is 0. The number of carbonyl (C=O) groups is 2. The maximum Gasteiger partial charge on any atom is 0.246 e. The Bertz CT molecular complexity index is 468. The second-order valence-electron chi connectivity index (χ2n) is 4.63. The molecule has 1 aliphatic rings. The smallest absolute Gasteiger partial charge is 0.246 e. The number of aryl methyl sites for hydroxylation is 1. The van der Waals surface area contributed by atoms with Crippen LogP contribution in [0.25, 0.3) is 0 Å². The van der Waals surface area contributed by atoms with Crippen LogP contribution in [0.4, 0.5) is 0 Å². The first kappa shape index (κ1) is 12.6. The molecule has 6 nitrogen and oxygen atoms in total. The molecule has 1 fully saturated rings. The summed E-state index contributed by atoms with van der Waals surface area (Å²) in [6.07, 6.45) is 4.18. The molecule has 2 rings (SSSR count). The van der Waals surface area contributed by atoms with Gasteiger partial charge >= 0.3 is 0 Å². The molecule has 2 unspecified atom stereocenters. The van der Waals surface area contributed by atoms with Gasteiger partial charge in [-0.2, -0.15) is 5.10 Å². The third-order valence-electron chi connectivity index (χ3n) is 3.26. The molecule has 0 radical (unpaired) electrons. The average molecular weight is 250 g/mol. The Kier molecular flexibility index (Phi) is 3.36. The normalized spacial score (nSPS) is 24.3. The van der Waals surface area contributed by atoms with E-state index < -0.39 is 12.1 Å². The largest absolute Gasteiger partial charge is 0.343 e.